The van der Waals surface area contributed by atoms with Crippen LogP contribution in [0.25, 0.3) is 0 Å². The van der Waals surface area contributed by atoms with Gasteiger partial charge in [0.15, 0.2) is 0 Å². The topological polar surface area (TPSA) is 63.3 Å². The fraction of sp³-hybridized carbons (Fsp3) is 0.536. The van der Waals surface area contributed by atoms with Crippen LogP contribution >= 0.6 is 15.9 Å². The first-order chi connectivity index (χ1) is 15.4. The van der Waals surface area contributed by atoms with E-state index in [-0.39, 0.29) is 23.3 Å². The van der Waals surface area contributed by atoms with Gasteiger partial charge in [-0.25, -0.2) is 0 Å². The number of aliphatic hydroxyl groups excluding tert-OH is 1. The van der Waals surface area contributed by atoms with E-state index in [1.54, 1.807) is 17.2 Å². The molecule has 3 nitrogen and oxygen atoms in total. The van der Waals surface area contributed by atoms with E-state index in [4.69, 9.17) is 5.73 Å². The lowest BCUT2D eigenvalue weighted by atomic mass is 9.55. The molecule has 3 aliphatic carbocycles. The number of aliphatic hydroxyl groups is 1. The maximum absolute atomic E-state index is 11.6. The monoisotopic (exact) mass is 495 g/mol. The van der Waals surface area contributed by atoms with E-state index < -0.39 is 0 Å². The van der Waals surface area contributed by atoms with Crippen LogP contribution in [-0.2, 0) is 19.3 Å². The number of alkyl halides is 1. The smallest absolute Gasteiger partial charge is 0.248 e. The van der Waals surface area contributed by atoms with E-state index in [9.17, 15) is 9.90 Å². The van der Waals surface area contributed by atoms with Crippen LogP contribution in [0.15, 0.2) is 42.5 Å². The molecule has 4 heteroatoms. The Kier molecular flexibility index (Phi) is 5.96. The van der Waals surface area contributed by atoms with E-state index in [2.05, 4.69) is 47.1 Å². The molecular weight excluding hydrogens is 462 g/mol. The van der Waals surface area contributed by atoms with Gasteiger partial charge in [-0.05, 0) is 108 Å². The first-order valence-electron chi connectivity index (χ1n) is 12.1. The van der Waals surface area contributed by atoms with Crippen molar-refractivity contribution in [3.8, 4) is 0 Å². The van der Waals surface area contributed by atoms with Crippen LogP contribution in [0.5, 0.6) is 0 Å². The maximum atomic E-state index is 11.6. The van der Waals surface area contributed by atoms with Gasteiger partial charge in [0.1, 0.15) is 0 Å². The second-order valence-corrected chi connectivity index (χ2v) is 11.4. The van der Waals surface area contributed by atoms with Crippen molar-refractivity contribution in [2.24, 2.45) is 28.9 Å². The zero-order valence-corrected chi connectivity index (χ0v) is 20.5. The van der Waals surface area contributed by atoms with Crippen molar-refractivity contribution in [1.29, 1.82) is 0 Å². The van der Waals surface area contributed by atoms with Gasteiger partial charge in [-0.2, -0.15) is 0 Å². The molecule has 170 valence electrons. The third kappa shape index (κ3) is 3.74. The molecule has 3 N–H and O–H groups in total. The standard InChI is InChI=1S/C28H34BrNO2/c1-28-11-9-23-22-7-5-17(10-12-29)13-19(22)6-8-24(23)25(28)16-21(26(28)31)15-18-3-2-4-20(14-18)27(30)32/h2-5,7,13-14,21,23-26,31H,6,8-12,15-16H2,1H3,(H2,30,32)/t21-,23?,24?,25?,26-,28?/m0/s1. The number of amides is 1. The van der Waals surface area contributed by atoms with Crippen LogP contribution in [-0.4, -0.2) is 22.4 Å². The Morgan fingerprint density at radius 2 is 2.03 bits per heavy atom. The molecule has 0 heterocycles. The number of hydrogen-bond donors (Lipinski definition) is 2. The summed E-state index contributed by atoms with van der Waals surface area (Å²) in [6.45, 7) is 2.34. The van der Waals surface area contributed by atoms with Crippen molar-refractivity contribution in [3.05, 3.63) is 70.3 Å². The number of benzene rings is 2. The predicted octanol–water partition coefficient (Wildman–Crippen LogP) is 5.41. The van der Waals surface area contributed by atoms with Crippen LogP contribution in [0, 0.1) is 23.2 Å². The Morgan fingerprint density at radius 1 is 1.19 bits per heavy atom. The molecule has 0 radical (unpaired) electrons. The van der Waals surface area contributed by atoms with Crippen molar-refractivity contribution in [3.63, 3.8) is 0 Å². The second kappa shape index (κ2) is 8.61. The van der Waals surface area contributed by atoms with Gasteiger partial charge in [0.2, 0.25) is 5.91 Å². The van der Waals surface area contributed by atoms with Gasteiger partial charge in [0, 0.05) is 10.9 Å². The van der Waals surface area contributed by atoms with Gasteiger partial charge in [0.25, 0.3) is 0 Å². The minimum Gasteiger partial charge on any atom is -0.392 e. The Morgan fingerprint density at radius 3 is 2.81 bits per heavy atom. The third-order valence-corrected chi connectivity index (χ3v) is 9.40. The highest BCUT2D eigenvalue weighted by molar-refractivity contribution is 9.09. The average molecular weight is 496 g/mol. The number of carbonyl (C=O) groups excluding carboxylic acids is 1. The number of aryl methyl sites for hydroxylation is 2. The third-order valence-electron chi connectivity index (χ3n) is 9.00. The van der Waals surface area contributed by atoms with Crippen LogP contribution in [0.3, 0.4) is 0 Å². The molecule has 0 aliphatic heterocycles. The summed E-state index contributed by atoms with van der Waals surface area (Å²) in [5.74, 6) is 1.73. The van der Waals surface area contributed by atoms with Crippen molar-refractivity contribution in [2.45, 2.75) is 63.9 Å². The molecule has 32 heavy (non-hydrogen) atoms. The van der Waals surface area contributed by atoms with Crippen molar-refractivity contribution >= 4 is 21.8 Å². The summed E-state index contributed by atoms with van der Waals surface area (Å²) in [7, 11) is 0. The Bertz CT molecular complexity index is 1020. The Balaban J connectivity index is 1.38. The molecule has 1 amide bonds. The summed E-state index contributed by atoms with van der Waals surface area (Å²) >= 11 is 3.57. The minimum atomic E-state index is -0.387. The summed E-state index contributed by atoms with van der Waals surface area (Å²) in [6, 6.07) is 14.8. The number of hydrogen-bond acceptors (Lipinski definition) is 2. The second-order valence-electron chi connectivity index (χ2n) is 10.6. The van der Waals surface area contributed by atoms with E-state index >= 15 is 0 Å². The number of rotatable bonds is 5. The minimum absolute atomic E-state index is 0.000533. The van der Waals surface area contributed by atoms with E-state index in [1.165, 1.54) is 24.8 Å². The SMILES string of the molecule is CC12CCC3c4ccc(CCBr)cc4CCC3C1C[C@H](Cc1cccc(C(N)=O)c1)[C@@H]2O. The Hall–Kier alpha value is -1.65. The molecule has 0 saturated heterocycles. The zero-order chi connectivity index (χ0) is 22.5. The van der Waals surface area contributed by atoms with Gasteiger partial charge >= 0.3 is 0 Å². The summed E-state index contributed by atoms with van der Waals surface area (Å²) in [5.41, 5.74) is 11.7. The highest BCUT2D eigenvalue weighted by atomic mass is 79.9. The average Bonchev–Trinajstić information content (AvgIpc) is 3.04. The largest absolute Gasteiger partial charge is 0.392 e. The summed E-state index contributed by atoms with van der Waals surface area (Å²) < 4.78 is 0. The molecule has 5 rings (SSSR count). The van der Waals surface area contributed by atoms with Gasteiger partial charge in [-0.15, -0.1) is 0 Å². The number of fused-ring (bicyclic) bond motifs is 5. The molecule has 3 aliphatic rings. The molecule has 0 bridgehead atoms. The van der Waals surface area contributed by atoms with Gasteiger partial charge < -0.3 is 10.8 Å². The highest BCUT2D eigenvalue weighted by Gasteiger charge is 2.57. The number of carbonyl (C=O) groups is 1. The van der Waals surface area contributed by atoms with E-state index in [1.807, 2.05) is 12.1 Å². The lowest BCUT2D eigenvalue weighted by Crippen LogP contribution is -2.44. The molecule has 2 fully saturated rings. The number of nitrogens with two attached hydrogens (primary N) is 1. The van der Waals surface area contributed by atoms with Crippen LogP contribution in [0.4, 0.5) is 0 Å². The van der Waals surface area contributed by atoms with Crippen LogP contribution in [0.1, 0.15) is 71.1 Å². The van der Waals surface area contributed by atoms with Crippen molar-refractivity contribution in [2.75, 3.05) is 5.33 Å². The van der Waals surface area contributed by atoms with Crippen LogP contribution in [0.2, 0.25) is 0 Å². The number of primary amides is 1. The van der Waals surface area contributed by atoms with E-state index in [0.717, 1.165) is 36.6 Å². The Labute approximate surface area is 199 Å². The molecule has 0 spiro atoms. The number of halogens is 1. The zero-order valence-electron chi connectivity index (χ0n) is 18.9. The van der Waals surface area contributed by atoms with Crippen molar-refractivity contribution < 1.29 is 9.90 Å². The molecule has 4 unspecified atom stereocenters. The summed E-state index contributed by atoms with van der Waals surface area (Å²) in [6.07, 6.45) is 7.40. The van der Waals surface area contributed by atoms with Gasteiger partial charge in [-0.1, -0.05) is 53.2 Å². The first-order valence-corrected chi connectivity index (χ1v) is 13.3. The fourth-order valence-corrected chi connectivity index (χ4v) is 7.86. The predicted molar refractivity (Wildman–Crippen MR) is 132 cm³/mol. The summed E-state index contributed by atoms with van der Waals surface area (Å²) in [4.78, 5) is 11.6. The quantitative estimate of drug-likeness (QED) is 0.544. The maximum Gasteiger partial charge on any atom is 0.248 e. The molecule has 2 aromatic rings. The molecule has 0 aromatic heterocycles. The normalized spacial score (nSPS) is 33.3. The molecule has 2 saturated carbocycles. The highest BCUT2D eigenvalue weighted by Crippen LogP contribution is 2.62. The van der Waals surface area contributed by atoms with Gasteiger partial charge in [-0.3, -0.25) is 4.79 Å². The lowest BCUT2D eigenvalue weighted by Gasteiger charge is -2.50. The first kappa shape index (κ1) is 22.2. The summed E-state index contributed by atoms with van der Waals surface area (Å²) in [5, 5.41) is 12.5. The van der Waals surface area contributed by atoms with Gasteiger partial charge in [0.05, 0.1) is 6.10 Å². The molecule has 2 aromatic carbocycles. The fourth-order valence-electron chi connectivity index (χ4n) is 7.40. The van der Waals surface area contributed by atoms with Crippen LogP contribution < -0.4 is 5.73 Å². The molecular formula is C28H34BrNO2. The van der Waals surface area contributed by atoms with Crippen molar-refractivity contribution in [1.82, 2.24) is 0 Å². The molecule has 6 atom stereocenters. The lowest BCUT2D eigenvalue weighted by molar-refractivity contribution is -0.0325. The van der Waals surface area contributed by atoms with E-state index in [0.29, 0.717) is 23.3 Å².